The van der Waals surface area contributed by atoms with E-state index in [-0.39, 0.29) is 18.5 Å². The molecular formula is C10H8F3N3O. The smallest absolute Gasteiger partial charge is 0.299 e. The minimum absolute atomic E-state index is 0.178. The van der Waals surface area contributed by atoms with Crippen LogP contribution >= 0.6 is 0 Å². The predicted octanol–water partition coefficient (Wildman–Crippen LogP) is 3.13. The van der Waals surface area contributed by atoms with E-state index in [2.05, 4.69) is 10.0 Å². The molecule has 1 rings (SSSR count). The van der Waals surface area contributed by atoms with Crippen molar-refractivity contribution in [2.24, 2.45) is 5.11 Å². The molecule has 0 saturated heterocycles. The average Bonchev–Trinajstić information content (AvgIpc) is 2.25. The molecule has 0 amide bonds. The molecular weight excluding hydrogens is 235 g/mol. The molecule has 1 aromatic carbocycles. The Balaban J connectivity index is 2.79. The summed E-state index contributed by atoms with van der Waals surface area (Å²) < 4.78 is 37.1. The summed E-state index contributed by atoms with van der Waals surface area (Å²) in [5.41, 5.74) is 7.44. The molecule has 0 aromatic heterocycles. The quantitative estimate of drug-likeness (QED) is 0.455. The number of carbonyl (C=O) groups is 1. The Bertz CT molecular complexity index is 464. The van der Waals surface area contributed by atoms with E-state index in [9.17, 15) is 18.0 Å². The summed E-state index contributed by atoms with van der Waals surface area (Å²) in [6.45, 7) is -0.354. The fourth-order valence-corrected chi connectivity index (χ4v) is 1.25. The number of rotatable bonds is 4. The number of carbonyl (C=O) groups excluding carboxylic acids is 1. The van der Waals surface area contributed by atoms with Crippen LogP contribution in [-0.4, -0.2) is 12.3 Å². The van der Waals surface area contributed by atoms with E-state index in [1.165, 1.54) is 12.1 Å². The van der Waals surface area contributed by atoms with Crippen LogP contribution in [0.15, 0.2) is 29.4 Å². The Morgan fingerprint density at radius 3 is 2.71 bits per heavy atom. The van der Waals surface area contributed by atoms with Gasteiger partial charge in [-0.2, -0.15) is 13.2 Å². The molecule has 0 aliphatic carbocycles. The van der Waals surface area contributed by atoms with Crippen molar-refractivity contribution in [1.82, 2.24) is 0 Å². The molecule has 17 heavy (non-hydrogen) atoms. The highest BCUT2D eigenvalue weighted by Gasteiger charge is 2.30. The van der Waals surface area contributed by atoms with Crippen LogP contribution in [0.1, 0.15) is 11.1 Å². The maximum Gasteiger partial charge on any atom is 0.416 e. The van der Waals surface area contributed by atoms with Crippen LogP contribution in [0.2, 0.25) is 0 Å². The number of azide groups is 1. The van der Waals surface area contributed by atoms with Gasteiger partial charge in [-0.25, -0.2) is 0 Å². The fraction of sp³-hybridized carbons (Fsp3) is 0.300. The molecule has 4 nitrogen and oxygen atoms in total. The van der Waals surface area contributed by atoms with Crippen molar-refractivity contribution in [2.75, 3.05) is 6.54 Å². The third-order valence-electron chi connectivity index (χ3n) is 1.97. The zero-order chi connectivity index (χ0) is 12.9. The maximum atomic E-state index is 12.4. The zero-order valence-corrected chi connectivity index (χ0v) is 8.61. The molecule has 0 N–H and O–H groups in total. The number of hydrogen-bond donors (Lipinski definition) is 0. The Hall–Kier alpha value is -2.01. The van der Waals surface area contributed by atoms with Gasteiger partial charge in [-0.05, 0) is 17.2 Å². The SMILES string of the molecule is [N-]=[N+]=NCC(=O)Cc1cccc(C(F)(F)F)c1. The van der Waals surface area contributed by atoms with E-state index in [0.29, 0.717) is 0 Å². The zero-order valence-electron chi connectivity index (χ0n) is 8.61. The first-order chi connectivity index (χ1) is 7.93. The van der Waals surface area contributed by atoms with Gasteiger partial charge in [0.1, 0.15) is 5.78 Å². The minimum Gasteiger partial charge on any atom is -0.299 e. The first kappa shape index (κ1) is 13.1. The van der Waals surface area contributed by atoms with Crippen molar-refractivity contribution in [3.05, 3.63) is 45.8 Å². The number of hydrogen-bond acceptors (Lipinski definition) is 2. The third-order valence-corrected chi connectivity index (χ3v) is 1.97. The summed E-state index contributed by atoms with van der Waals surface area (Å²) in [5.74, 6) is -0.429. The van der Waals surface area contributed by atoms with Crippen LogP contribution < -0.4 is 0 Å². The monoisotopic (exact) mass is 243 g/mol. The first-order valence-electron chi connectivity index (χ1n) is 4.62. The lowest BCUT2D eigenvalue weighted by molar-refractivity contribution is -0.137. The minimum atomic E-state index is -4.43. The summed E-state index contributed by atoms with van der Waals surface area (Å²) in [7, 11) is 0. The molecule has 0 spiro atoms. The molecule has 0 aliphatic rings. The van der Waals surface area contributed by atoms with E-state index >= 15 is 0 Å². The number of halogens is 3. The molecule has 90 valence electrons. The van der Waals surface area contributed by atoms with Gasteiger partial charge in [0, 0.05) is 11.3 Å². The number of benzene rings is 1. The van der Waals surface area contributed by atoms with Gasteiger partial charge in [0.25, 0.3) is 0 Å². The standard InChI is InChI=1S/C10H8F3N3O/c11-10(12,13)8-3-1-2-7(4-8)5-9(17)6-15-16-14/h1-4H,5-6H2. The summed E-state index contributed by atoms with van der Waals surface area (Å²) >= 11 is 0. The molecule has 0 atom stereocenters. The topological polar surface area (TPSA) is 65.8 Å². The maximum absolute atomic E-state index is 12.4. The number of ketones is 1. The summed E-state index contributed by atoms with van der Waals surface area (Å²) in [6, 6.07) is 4.50. The van der Waals surface area contributed by atoms with Crippen molar-refractivity contribution in [2.45, 2.75) is 12.6 Å². The molecule has 0 saturated carbocycles. The highest BCUT2D eigenvalue weighted by molar-refractivity contribution is 5.82. The highest BCUT2D eigenvalue weighted by atomic mass is 19.4. The number of alkyl halides is 3. The Labute approximate surface area is 94.7 Å². The van der Waals surface area contributed by atoms with Crippen LogP contribution in [0.3, 0.4) is 0 Å². The van der Waals surface area contributed by atoms with E-state index in [1.807, 2.05) is 0 Å². The molecule has 0 heterocycles. The van der Waals surface area contributed by atoms with Crippen LogP contribution in [-0.2, 0) is 17.4 Å². The Morgan fingerprint density at radius 2 is 2.12 bits per heavy atom. The van der Waals surface area contributed by atoms with Gasteiger partial charge in [-0.3, -0.25) is 4.79 Å². The summed E-state index contributed by atoms with van der Waals surface area (Å²) in [5, 5.41) is 3.05. The van der Waals surface area contributed by atoms with E-state index in [0.717, 1.165) is 12.1 Å². The Kier molecular flexibility index (Phi) is 4.12. The lowest BCUT2D eigenvalue weighted by Gasteiger charge is -2.07. The van der Waals surface area contributed by atoms with Gasteiger partial charge in [-0.1, -0.05) is 23.3 Å². The lowest BCUT2D eigenvalue weighted by atomic mass is 10.1. The van der Waals surface area contributed by atoms with Gasteiger partial charge in [-0.15, -0.1) is 0 Å². The predicted molar refractivity (Wildman–Crippen MR) is 54.2 cm³/mol. The summed E-state index contributed by atoms with van der Waals surface area (Å²) in [6.07, 6.45) is -4.60. The average molecular weight is 243 g/mol. The third kappa shape index (κ3) is 4.16. The molecule has 0 fully saturated rings. The molecule has 0 bridgehead atoms. The molecule has 0 aliphatic heterocycles. The normalized spacial score (nSPS) is 10.8. The first-order valence-corrected chi connectivity index (χ1v) is 4.62. The van der Waals surface area contributed by atoms with Gasteiger partial charge >= 0.3 is 6.18 Å². The van der Waals surface area contributed by atoms with Crippen molar-refractivity contribution >= 4 is 5.78 Å². The van der Waals surface area contributed by atoms with Crippen molar-refractivity contribution in [1.29, 1.82) is 0 Å². The van der Waals surface area contributed by atoms with E-state index in [1.54, 1.807) is 0 Å². The van der Waals surface area contributed by atoms with Gasteiger partial charge in [0.15, 0.2) is 0 Å². The van der Waals surface area contributed by atoms with E-state index < -0.39 is 17.5 Å². The largest absolute Gasteiger partial charge is 0.416 e. The van der Waals surface area contributed by atoms with Crippen molar-refractivity contribution in [3.8, 4) is 0 Å². The van der Waals surface area contributed by atoms with E-state index in [4.69, 9.17) is 5.53 Å². The Morgan fingerprint density at radius 1 is 1.41 bits per heavy atom. The molecule has 0 unspecified atom stereocenters. The van der Waals surface area contributed by atoms with Crippen molar-refractivity contribution < 1.29 is 18.0 Å². The van der Waals surface area contributed by atoms with Crippen molar-refractivity contribution in [3.63, 3.8) is 0 Å². The second-order valence-corrected chi connectivity index (χ2v) is 3.30. The van der Waals surface area contributed by atoms with Crippen LogP contribution in [0.5, 0.6) is 0 Å². The van der Waals surface area contributed by atoms with Crippen LogP contribution in [0.25, 0.3) is 10.4 Å². The second kappa shape index (κ2) is 5.36. The molecule has 1 aromatic rings. The molecule has 0 radical (unpaired) electrons. The number of nitrogens with zero attached hydrogens (tertiary/aromatic N) is 3. The summed E-state index contributed by atoms with van der Waals surface area (Å²) in [4.78, 5) is 13.6. The van der Waals surface area contributed by atoms with Gasteiger partial charge in [0.2, 0.25) is 0 Å². The second-order valence-electron chi connectivity index (χ2n) is 3.30. The van der Waals surface area contributed by atoms with Crippen LogP contribution in [0.4, 0.5) is 13.2 Å². The van der Waals surface area contributed by atoms with Gasteiger partial charge < -0.3 is 0 Å². The van der Waals surface area contributed by atoms with Crippen LogP contribution in [0, 0.1) is 0 Å². The van der Waals surface area contributed by atoms with Gasteiger partial charge in [0.05, 0.1) is 12.1 Å². The fourth-order valence-electron chi connectivity index (χ4n) is 1.25. The lowest BCUT2D eigenvalue weighted by Crippen LogP contribution is -2.09. The highest BCUT2D eigenvalue weighted by Crippen LogP contribution is 2.29. The molecule has 7 heteroatoms. The number of Topliss-reactive ketones (excluding diaryl/α,β-unsaturated/α-hetero) is 1.